The van der Waals surface area contributed by atoms with E-state index in [1.807, 2.05) is 0 Å². The van der Waals surface area contributed by atoms with Gasteiger partial charge < -0.3 is 0 Å². The van der Waals surface area contributed by atoms with Crippen molar-refractivity contribution >= 4 is 8.58 Å². The minimum absolute atomic E-state index is 0.554. The molecule has 1 fully saturated rings. The van der Waals surface area contributed by atoms with Gasteiger partial charge in [0.25, 0.3) is 0 Å². The summed E-state index contributed by atoms with van der Waals surface area (Å²) in [6.07, 6.45) is 2.78. The Morgan fingerprint density at radius 2 is 1.08 bits per heavy atom. The van der Waals surface area contributed by atoms with Crippen molar-refractivity contribution in [2.45, 2.75) is 64.7 Å². The molecule has 1 heterocycles. The summed E-state index contributed by atoms with van der Waals surface area (Å²) in [5.74, 6) is 0. The molecule has 0 radical (unpaired) electrons. The van der Waals surface area contributed by atoms with E-state index in [0.29, 0.717) is 15.7 Å². The smallest absolute Gasteiger partial charge is 0.0169 e. The topological polar surface area (TPSA) is 0 Å². The minimum atomic E-state index is 0.554. The molecule has 0 nitrogen and oxygen atoms in total. The van der Waals surface area contributed by atoms with Crippen LogP contribution >= 0.6 is 8.58 Å². The van der Waals surface area contributed by atoms with E-state index in [9.17, 15) is 0 Å². The molecule has 0 aromatic heterocycles. The van der Waals surface area contributed by atoms with Gasteiger partial charge >= 0.3 is 0 Å². The van der Waals surface area contributed by atoms with Crippen molar-refractivity contribution in [3.05, 3.63) is 0 Å². The lowest BCUT2D eigenvalue weighted by molar-refractivity contribution is 0.233. The van der Waals surface area contributed by atoms with Crippen molar-refractivity contribution < 1.29 is 0 Å². The Balaban J connectivity index is 2.81. The van der Waals surface area contributed by atoms with Crippen molar-refractivity contribution in [2.24, 2.45) is 5.41 Å². The molecule has 0 atom stereocenters. The molecule has 0 saturated carbocycles. The molecule has 0 aromatic carbocycles. The SMILES string of the molecule is CC1(C)CC(C)(C)PC(C)(C)C1. The zero-order valence-electron chi connectivity index (χ0n) is 9.41. The van der Waals surface area contributed by atoms with Crippen LogP contribution in [0.2, 0.25) is 0 Å². The predicted octanol–water partition coefficient (Wildman–Crippen LogP) is 4.04. The normalized spacial score (nSPS) is 31.5. The standard InChI is InChI=1S/C11H23P/c1-9(2)7-10(3,4)12-11(5,6)8-9/h12H,7-8H2,1-6H3. The Morgan fingerprint density at radius 3 is 1.33 bits per heavy atom. The van der Waals surface area contributed by atoms with Gasteiger partial charge in [-0.3, -0.25) is 0 Å². The Hall–Kier alpha value is 0.430. The van der Waals surface area contributed by atoms with Gasteiger partial charge in [0.1, 0.15) is 0 Å². The Morgan fingerprint density at radius 1 is 0.750 bits per heavy atom. The molecule has 0 unspecified atom stereocenters. The van der Waals surface area contributed by atoms with Crippen LogP contribution in [0.5, 0.6) is 0 Å². The third-order valence-electron chi connectivity index (χ3n) is 2.52. The summed E-state index contributed by atoms with van der Waals surface area (Å²) in [6.45, 7) is 14.5. The quantitative estimate of drug-likeness (QED) is 0.501. The lowest BCUT2D eigenvalue weighted by Crippen LogP contribution is -2.39. The molecular formula is C11H23P. The van der Waals surface area contributed by atoms with Gasteiger partial charge in [-0.2, -0.15) is 0 Å². The maximum absolute atomic E-state index is 2.42. The highest BCUT2D eigenvalue weighted by molar-refractivity contribution is 7.41. The van der Waals surface area contributed by atoms with Crippen LogP contribution in [-0.2, 0) is 0 Å². The van der Waals surface area contributed by atoms with Crippen molar-refractivity contribution in [3.63, 3.8) is 0 Å². The Labute approximate surface area is 79.3 Å². The van der Waals surface area contributed by atoms with E-state index in [2.05, 4.69) is 41.5 Å². The minimum Gasteiger partial charge on any atom is -0.110 e. The van der Waals surface area contributed by atoms with E-state index in [1.165, 1.54) is 12.8 Å². The van der Waals surface area contributed by atoms with Crippen molar-refractivity contribution in [1.29, 1.82) is 0 Å². The fourth-order valence-corrected chi connectivity index (χ4v) is 6.43. The first-order chi connectivity index (χ1) is 5.12. The van der Waals surface area contributed by atoms with E-state index in [-0.39, 0.29) is 0 Å². The van der Waals surface area contributed by atoms with Crippen LogP contribution in [0.3, 0.4) is 0 Å². The summed E-state index contributed by atoms with van der Waals surface area (Å²) in [7, 11) is 1.12. The summed E-state index contributed by atoms with van der Waals surface area (Å²) in [5, 5.41) is 1.15. The van der Waals surface area contributed by atoms with E-state index >= 15 is 0 Å². The highest BCUT2D eigenvalue weighted by Crippen LogP contribution is 2.58. The van der Waals surface area contributed by atoms with Gasteiger partial charge in [-0.25, -0.2) is 0 Å². The molecule has 0 bridgehead atoms. The molecule has 1 saturated heterocycles. The maximum atomic E-state index is 2.42. The zero-order valence-corrected chi connectivity index (χ0v) is 10.4. The van der Waals surface area contributed by atoms with E-state index < -0.39 is 0 Å². The van der Waals surface area contributed by atoms with Crippen LogP contribution in [0.15, 0.2) is 0 Å². The molecule has 12 heavy (non-hydrogen) atoms. The number of rotatable bonds is 0. The van der Waals surface area contributed by atoms with Crippen molar-refractivity contribution in [2.75, 3.05) is 0 Å². The van der Waals surface area contributed by atoms with Crippen LogP contribution in [0, 0.1) is 5.41 Å². The molecule has 0 aromatic rings. The molecule has 0 N–H and O–H groups in total. The van der Waals surface area contributed by atoms with Gasteiger partial charge in [-0.1, -0.05) is 41.5 Å². The fourth-order valence-electron chi connectivity index (χ4n) is 3.46. The molecular weight excluding hydrogens is 163 g/mol. The van der Waals surface area contributed by atoms with E-state index in [0.717, 1.165) is 8.58 Å². The molecule has 0 aliphatic carbocycles. The lowest BCUT2D eigenvalue weighted by Gasteiger charge is -2.49. The molecule has 0 amide bonds. The second-order valence-electron chi connectivity index (χ2n) is 6.41. The number of hydrogen-bond acceptors (Lipinski definition) is 0. The van der Waals surface area contributed by atoms with Crippen LogP contribution in [-0.4, -0.2) is 10.3 Å². The van der Waals surface area contributed by atoms with Gasteiger partial charge in [-0.15, -0.1) is 8.58 Å². The number of hydrogen-bond donors (Lipinski definition) is 0. The van der Waals surface area contributed by atoms with Crippen molar-refractivity contribution in [1.82, 2.24) is 0 Å². The van der Waals surface area contributed by atoms with E-state index in [4.69, 9.17) is 0 Å². The molecule has 72 valence electrons. The molecule has 1 aliphatic rings. The average Bonchev–Trinajstić information content (AvgIpc) is 1.44. The second-order valence-corrected chi connectivity index (χ2v) is 9.37. The monoisotopic (exact) mass is 186 g/mol. The summed E-state index contributed by atoms with van der Waals surface area (Å²) in [6, 6.07) is 0. The van der Waals surface area contributed by atoms with Crippen LogP contribution in [0.1, 0.15) is 54.4 Å². The lowest BCUT2D eigenvalue weighted by atomic mass is 9.76. The largest absolute Gasteiger partial charge is 0.110 e. The first-order valence-electron chi connectivity index (χ1n) is 4.91. The first kappa shape index (κ1) is 10.5. The highest BCUT2D eigenvalue weighted by Gasteiger charge is 2.41. The molecule has 1 aliphatic heterocycles. The zero-order chi connectivity index (χ0) is 9.62. The molecule has 1 rings (SSSR count). The van der Waals surface area contributed by atoms with Gasteiger partial charge in [0, 0.05) is 0 Å². The molecule has 1 heteroatoms. The maximum Gasteiger partial charge on any atom is -0.0169 e. The summed E-state index contributed by atoms with van der Waals surface area (Å²) in [5.41, 5.74) is 0.554. The van der Waals surface area contributed by atoms with Gasteiger partial charge in [-0.05, 0) is 28.6 Å². The Kier molecular flexibility index (Phi) is 2.37. The van der Waals surface area contributed by atoms with Crippen LogP contribution < -0.4 is 0 Å². The van der Waals surface area contributed by atoms with Crippen molar-refractivity contribution in [3.8, 4) is 0 Å². The molecule has 0 spiro atoms. The fraction of sp³-hybridized carbons (Fsp3) is 1.00. The van der Waals surface area contributed by atoms with Gasteiger partial charge in [0.05, 0.1) is 0 Å². The Bertz CT molecular complexity index is 132. The summed E-state index contributed by atoms with van der Waals surface area (Å²) >= 11 is 0. The van der Waals surface area contributed by atoms with Gasteiger partial charge in [0.15, 0.2) is 0 Å². The average molecular weight is 186 g/mol. The van der Waals surface area contributed by atoms with E-state index in [1.54, 1.807) is 0 Å². The predicted molar refractivity (Wildman–Crippen MR) is 59.5 cm³/mol. The summed E-state index contributed by atoms with van der Waals surface area (Å²) < 4.78 is 0. The first-order valence-corrected chi connectivity index (χ1v) is 5.91. The third kappa shape index (κ3) is 2.73. The summed E-state index contributed by atoms with van der Waals surface area (Å²) in [4.78, 5) is 0. The second kappa shape index (κ2) is 2.71. The van der Waals surface area contributed by atoms with Gasteiger partial charge in [0.2, 0.25) is 0 Å². The third-order valence-corrected chi connectivity index (χ3v) is 4.22. The highest BCUT2D eigenvalue weighted by atomic mass is 31.1. The van der Waals surface area contributed by atoms with Crippen LogP contribution in [0.4, 0.5) is 0 Å². The van der Waals surface area contributed by atoms with Crippen LogP contribution in [0.25, 0.3) is 0 Å².